The van der Waals surface area contributed by atoms with Crippen molar-refractivity contribution in [2.45, 2.75) is 18.6 Å². The minimum Gasteiger partial charge on any atom is -0.478 e. The van der Waals surface area contributed by atoms with Gasteiger partial charge in [0.1, 0.15) is 5.52 Å². The second-order valence-corrected chi connectivity index (χ2v) is 7.62. The number of aromatic carboxylic acids is 1. The van der Waals surface area contributed by atoms with Gasteiger partial charge in [-0.05, 0) is 30.7 Å². The van der Waals surface area contributed by atoms with Crippen LogP contribution in [-0.4, -0.2) is 53.7 Å². The molecular weight excluding hydrogens is 443 g/mol. The number of nitrogens with one attached hydrogen (secondary N) is 1. The molecule has 1 aliphatic rings. The fourth-order valence-electron chi connectivity index (χ4n) is 3.93. The predicted molar refractivity (Wildman–Crippen MR) is 110 cm³/mol. The summed E-state index contributed by atoms with van der Waals surface area (Å²) in [5.41, 5.74) is -0.00122. The van der Waals surface area contributed by atoms with E-state index in [-0.39, 0.29) is 23.1 Å². The third kappa shape index (κ3) is 3.70. The number of aromatic nitrogens is 6. The molecule has 170 valence electrons. The van der Waals surface area contributed by atoms with E-state index in [0.717, 1.165) is 23.0 Å². The van der Waals surface area contributed by atoms with Crippen molar-refractivity contribution >= 4 is 22.7 Å². The van der Waals surface area contributed by atoms with Crippen LogP contribution in [0.25, 0.3) is 17.0 Å². The van der Waals surface area contributed by atoms with Gasteiger partial charge in [0.15, 0.2) is 5.52 Å². The Hall–Kier alpha value is -4.16. The highest BCUT2D eigenvalue weighted by Crippen LogP contribution is 2.32. The van der Waals surface area contributed by atoms with Crippen LogP contribution in [0.1, 0.15) is 28.4 Å². The minimum atomic E-state index is -4.39. The van der Waals surface area contributed by atoms with E-state index in [4.69, 9.17) is 5.11 Å². The van der Waals surface area contributed by atoms with E-state index in [1.165, 1.54) is 24.5 Å². The Kier molecular flexibility index (Phi) is 4.69. The highest BCUT2D eigenvalue weighted by atomic mass is 19.4. The molecule has 0 amide bonds. The van der Waals surface area contributed by atoms with Crippen LogP contribution >= 0.6 is 0 Å². The molecule has 0 aliphatic carbocycles. The van der Waals surface area contributed by atoms with Gasteiger partial charge in [-0.2, -0.15) is 23.4 Å². The highest BCUT2D eigenvalue weighted by Gasteiger charge is 2.31. The van der Waals surface area contributed by atoms with Crippen molar-refractivity contribution in [3.05, 3.63) is 64.3 Å². The van der Waals surface area contributed by atoms with Crippen molar-refractivity contribution in [1.82, 2.24) is 29.5 Å². The van der Waals surface area contributed by atoms with Crippen molar-refractivity contribution in [2.24, 2.45) is 0 Å². The standard InChI is InChI=1S/C20H16F3N7O3/c21-20(22,23)12-1-3-13(4-2-12)28-6-5-14(10-28)30-16-15(8-25-30)26-19(27-17(16)31)29-9-11(7-24-29)18(32)33/h1-4,7-9,14H,5-6,10H2,(H,32,33)(H,26,27,31)/t14-/m0/s1. The second kappa shape index (κ2) is 7.46. The van der Waals surface area contributed by atoms with Crippen LogP contribution in [0.4, 0.5) is 18.9 Å². The lowest BCUT2D eigenvalue weighted by Crippen LogP contribution is -2.23. The maximum Gasteiger partial charge on any atom is 0.416 e. The van der Waals surface area contributed by atoms with Crippen molar-refractivity contribution in [1.29, 1.82) is 0 Å². The first-order chi connectivity index (χ1) is 15.7. The quantitative estimate of drug-likeness (QED) is 0.481. The average Bonchev–Trinajstić information content (AvgIpc) is 3.51. The first-order valence-electron chi connectivity index (χ1n) is 9.89. The first kappa shape index (κ1) is 20.7. The molecule has 2 N–H and O–H groups in total. The topological polar surface area (TPSA) is 122 Å². The monoisotopic (exact) mass is 459 g/mol. The fourth-order valence-corrected chi connectivity index (χ4v) is 3.93. The number of hydrogen-bond acceptors (Lipinski definition) is 6. The van der Waals surface area contributed by atoms with Crippen LogP contribution in [0.5, 0.6) is 0 Å². The molecule has 3 aromatic heterocycles. The molecule has 0 bridgehead atoms. The Labute approximate surface area is 182 Å². The normalized spacial score (nSPS) is 16.6. The van der Waals surface area contributed by atoms with Crippen LogP contribution in [0.15, 0.2) is 47.7 Å². The number of anilines is 1. The van der Waals surface area contributed by atoms with Gasteiger partial charge in [0, 0.05) is 25.0 Å². The highest BCUT2D eigenvalue weighted by molar-refractivity contribution is 5.87. The molecule has 0 spiro atoms. The number of H-pyrrole nitrogens is 1. The summed E-state index contributed by atoms with van der Waals surface area (Å²) < 4.78 is 41.2. The largest absolute Gasteiger partial charge is 0.478 e. The van der Waals surface area contributed by atoms with Gasteiger partial charge in [0.25, 0.3) is 5.56 Å². The molecule has 1 aromatic carbocycles. The summed E-state index contributed by atoms with van der Waals surface area (Å²) in [5, 5.41) is 17.3. The number of rotatable bonds is 4. The molecule has 1 saturated heterocycles. The second-order valence-electron chi connectivity index (χ2n) is 7.62. The first-order valence-corrected chi connectivity index (χ1v) is 9.89. The van der Waals surface area contributed by atoms with Gasteiger partial charge in [-0.3, -0.25) is 14.5 Å². The summed E-state index contributed by atoms with van der Waals surface area (Å²) in [5.74, 6) is -1.10. The number of carbonyl (C=O) groups is 1. The molecule has 4 heterocycles. The molecule has 13 heteroatoms. The zero-order valence-corrected chi connectivity index (χ0v) is 16.8. The van der Waals surface area contributed by atoms with E-state index in [1.54, 1.807) is 4.68 Å². The van der Waals surface area contributed by atoms with Crippen molar-refractivity contribution in [3.8, 4) is 5.95 Å². The molecule has 33 heavy (non-hydrogen) atoms. The molecule has 5 rings (SSSR count). The summed E-state index contributed by atoms with van der Waals surface area (Å²) in [6.45, 7) is 1.05. The van der Waals surface area contributed by atoms with Crippen LogP contribution < -0.4 is 10.5 Å². The lowest BCUT2D eigenvalue weighted by atomic mass is 10.2. The molecule has 1 atom stereocenters. The fraction of sp³-hybridized carbons (Fsp3) is 0.250. The molecule has 0 radical (unpaired) electrons. The van der Waals surface area contributed by atoms with E-state index in [0.29, 0.717) is 30.7 Å². The summed E-state index contributed by atoms with van der Waals surface area (Å²) in [6, 6.07) is 4.78. The van der Waals surface area contributed by atoms with Crippen molar-refractivity contribution in [2.75, 3.05) is 18.0 Å². The van der Waals surface area contributed by atoms with Gasteiger partial charge in [-0.15, -0.1) is 0 Å². The molecular formula is C20H16F3N7O3. The summed E-state index contributed by atoms with van der Waals surface area (Å²) >= 11 is 0. The zero-order chi connectivity index (χ0) is 23.3. The van der Waals surface area contributed by atoms with Gasteiger partial charge in [-0.1, -0.05) is 0 Å². The number of aromatic amines is 1. The lowest BCUT2D eigenvalue weighted by Gasteiger charge is -2.19. The summed E-state index contributed by atoms with van der Waals surface area (Å²) in [6.07, 6.45) is 0.0644. The Morgan fingerprint density at radius 3 is 2.58 bits per heavy atom. The van der Waals surface area contributed by atoms with E-state index in [1.807, 2.05) is 4.90 Å². The molecule has 1 aliphatic heterocycles. The minimum absolute atomic E-state index is 0.0530. The van der Waals surface area contributed by atoms with Gasteiger partial charge in [0.2, 0.25) is 5.95 Å². The number of halogens is 3. The number of carboxylic acids is 1. The van der Waals surface area contributed by atoms with Gasteiger partial charge in [-0.25, -0.2) is 14.5 Å². The molecule has 0 unspecified atom stereocenters. The zero-order valence-electron chi connectivity index (χ0n) is 16.8. The summed E-state index contributed by atoms with van der Waals surface area (Å²) in [7, 11) is 0. The number of alkyl halides is 3. The lowest BCUT2D eigenvalue weighted by molar-refractivity contribution is -0.137. The molecule has 1 fully saturated rings. The number of nitrogens with zero attached hydrogens (tertiary/aromatic N) is 6. The third-order valence-electron chi connectivity index (χ3n) is 5.56. The third-order valence-corrected chi connectivity index (χ3v) is 5.56. The van der Waals surface area contributed by atoms with E-state index < -0.39 is 23.3 Å². The smallest absolute Gasteiger partial charge is 0.416 e. The van der Waals surface area contributed by atoms with Gasteiger partial charge in [0.05, 0.1) is 29.6 Å². The number of hydrogen-bond donors (Lipinski definition) is 2. The van der Waals surface area contributed by atoms with Crippen molar-refractivity contribution < 1.29 is 23.1 Å². The molecule has 4 aromatic rings. The number of carboxylic acid groups (broad SMARTS) is 1. The molecule has 10 nitrogen and oxygen atoms in total. The van der Waals surface area contributed by atoms with Crippen molar-refractivity contribution in [3.63, 3.8) is 0 Å². The predicted octanol–water partition coefficient (Wildman–Crippen LogP) is 2.47. The average molecular weight is 459 g/mol. The van der Waals surface area contributed by atoms with E-state index >= 15 is 0 Å². The van der Waals surface area contributed by atoms with Crippen LogP contribution in [0.2, 0.25) is 0 Å². The van der Waals surface area contributed by atoms with Crippen LogP contribution in [0, 0.1) is 0 Å². The Morgan fingerprint density at radius 2 is 1.91 bits per heavy atom. The maximum absolute atomic E-state index is 12.8. The number of benzene rings is 1. The Bertz CT molecular complexity index is 1410. The van der Waals surface area contributed by atoms with E-state index in [9.17, 15) is 22.8 Å². The van der Waals surface area contributed by atoms with Crippen LogP contribution in [-0.2, 0) is 6.18 Å². The number of fused-ring (bicyclic) bond motifs is 1. The maximum atomic E-state index is 12.8. The van der Waals surface area contributed by atoms with Gasteiger partial charge < -0.3 is 10.0 Å². The van der Waals surface area contributed by atoms with E-state index in [2.05, 4.69) is 20.2 Å². The SMILES string of the molecule is O=C(O)c1cnn(-c2nc3cnn([C@H]4CCN(c5ccc(C(F)(F)F)cc5)C4)c3c(=O)[nH]2)c1. The Balaban J connectivity index is 1.40. The summed E-state index contributed by atoms with van der Waals surface area (Å²) in [4.78, 5) is 32.7. The molecule has 0 saturated carbocycles. The van der Waals surface area contributed by atoms with Gasteiger partial charge >= 0.3 is 12.1 Å². The van der Waals surface area contributed by atoms with Crippen LogP contribution in [0.3, 0.4) is 0 Å². The Morgan fingerprint density at radius 1 is 1.15 bits per heavy atom.